The molecule has 1 rings (SSSR count). The number of hydrogen-bond donors (Lipinski definition) is 0. The van der Waals surface area contributed by atoms with E-state index in [0.29, 0.717) is 6.23 Å². The maximum absolute atomic E-state index is 5.28. The Morgan fingerprint density at radius 3 is 2.67 bits per heavy atom. The summed E-state index contributed by atoms with van der Waals surface area (Å²) in [6.45, 7) is 0. The summed E-state index contributed by atoms with van der Waals surface area (Å²) >= 11 is 0. The number of allylic oxidation sites excluding steroid dienone is 1. The molecule has 52 valence electrons. The van der Waals surface area contributed by atoms with Gasteiger partial charge in [0.1, 0.15) is 0 Å². The molecule has 2 nitrogen and oxygen atoms in total. The topological polar surface area (TPSA) is 12.5 Å². The first-order chi connectivity index (χ1) is 4.30. The van der Waals surface area contributed by atoms with Crippen molar-refractivity contribution in [3.63, 3.8) is 0 Å². The fraction of sp³-hybridized carbons (Fsp3) is 0.714. The van der Waals surface area contributed by atoms with E-state index in [0.717, 1.165) is 12.8 Å². The van der Waals surface area contributed by atoms with Crippen molar-refractivity contribution in [1.29, 1.82) is 0 Å². The normalized spacial score (nSPS) is 26.3. The van der Waals surface area contributed by atoms with Crippen LogP contribution in [0.1, 0.15) is 12.8 Å². The average molecular weight is 127 g/mol. The predicted molar refractivity (Wildman–Crippen MR) is 36.9 cm³/mol. The molecule has 1 atom stereocenters. The van der Waals surface area contributed by atoms with Gasteiger partial charge in [-0.2, -0.15) is 0 Å². The predicted octanol–water partition coefficient (Wildman–Crippen LogP) is 1.20. The summed E-state index contributed by atoms with van der Waals surface area (Å²) in [5.74, 6) is 0. The average Bonchev–Trinajstić information content (AvgIpc) is 1.90. The minimum Gasteiger partial charge on any atom is -0.483 e. The second-order valence-electron chi connectivity index (χ2n) is 2.50. The standard InChI is InChI=1S/C7H13NO/c1-8(2)7-5-3-4-6-9-7/h4,6-7H,3,5H2,1-2H3. The summed E-state index contributed by atoms with van der Waals surface area (Å²) in [6, 6.07) is 0. The molecule has 0 amide bonds. The number of hydrogen-bond acceptors (Lipinski definition) is 2. The molecule has 0 saturated carbocycles. The van der Waals surface area contributed by atoms with Crippen molar-refractivity contribution in [2.45, 2.75) is 19.1 Å². The maximum atomic E-state index is 5.28. The molecular formula is C7H13NO. The Bertz CT molecular complexity index is 109. The third-order valence-corrected chi connectivity index (χ3v) is 1.49. The van der Waals surface area contributed by atoms with Gasteiger partial charge in [0.25, 0.3) is 0 Å². The van der Waals surface area contributed by atoms with Gasteiger partial charge in [-0.25, -0.2) is 0 Å². The minimum absolute atomic E-state index is 0.301. The monoisotopic (exact) mass is 127 g/mol. The van der Waals surface area contributed by atoms with E-state index in [9.17, 15) is 0 Å². The van der Waals surface area contributed by atoms with Crippen LogP contribution >= 0.6 is 0 Å². The van der Waals surface area contributed by atoms with Crippen molar-refractivity contribution in [1.82, 2.24) is 4.90 Å². The first kappa shape index (κ1) is 6.62. The lowest BCUT2D eigenvalue weighted by atomic mass is 10.2. The van der Waals surface area contributed by atoms with Gasteiger partial charge in [0.2, 0.25) is 0 Å². The number of ether oxygens (including phenoxy) is 1. The zero-order valence-corrected chi connectivity index (χ0v) is 6.00. The molecule has 1 aliphatic heterocycles. The molecular weight excluding hydrogens is 114 g/mol. The molecule has 0 aromatic rings. The lowest BCUT2D eigenvalue weighted by molar-refractivity contribution is 0.0102. The molecule has 0 spiro atoms. The van der Waals surface area contributed by atoms with E-state index in [-0.39, 0.29) is 0 Å². The van der Waals surface area contributed by atoms with Gasteiger partial charge in [-0.1, -0.05) is 0 Å². The molecule has 0 aromatic heterocycles. The highest BCUT2D eigenvalue weighted by Crippen LogP contribution is 2.10. The first-order valence-electron chi connectivity index (χ1n) is 3.27. The van der Waals surface area contributed by atoms with Crippen molar-refractivity contribution in [2.24, 2.45) is 0 Å². The molecule has 1 heterocycles. The summed E-state index contributed by atoms with van der Waals surface area (Å²) in [7, 11) is 4.06. The van der Waals surface area contributed by atoms with E-state index in [2.05, 4.69) is 11.0 Å². The van der Waals surface area contributed by atoms with E-state index < -0.39 is 0 Å². The zero-order chi connectivity index (χ0) is 6.69. The molecule has 9 heavy (non-hydrogen) atoms. The van der Waals surface area contributed by atoms with Crippen molar-refractivity contribution in [3.8, 4) is 0 Å². The Kier molecular flexibility index (Phi) is 2.11. The Labute approximate surface area is 56.1 Å². The van der Waals surface area contributed by atoms with E-state index >= 15 is 0 Å². The molecule has 1 unspecified atom stereocenters. The lowest BCUT2D eigenvalue weighted by Crippen LogP contribution is -2.30. The SMILES string of the molecule is CN(C)C1CCC=CO1. The van der Waals surface area contributed by atoms with Gasteiger partial charge in [-0.3, -0.25) is 4.90 Å². The van der Waals surface area contributed by atoms with Gasteiger partial charge in [0.15, 0.2) is 6.23 Å². The Morgan fingerprint density at radius 2 is 2.33 bits per heavy atom. The van der Waals surface area contributed by atoms with Crippen LogP contribution in [0.25, 0.3) is 0 Å². The summed E-state index contributed by atoms with van der Waals surface area (Å²) in [4.78, 5) is 2.09. The van der Waals surface area contributed by atoms with Crippen LogP contribution in [0.5, 0.6) is 0 Å². The highest BCUT2D eigenvalue weighted by atomic mass is 16.5. The molecule has 0 aliphatic carbocycles. The first-order valence-corrected chi connectivity index (χ1v) is 3.27. The molecule has 0 radical (unpaired) electrons. The van der Waals surface area contributed by atoms with Crippen LogP contribution in [0, 0.1) is 0 Å². The highest BCUT2D eigenvalue weighted by Gasteiger charge is 2.11. The van der Waals surface area contributed by atoms with Gasteiger partial charge >= 0.3 is 0 Å². The largest absolute Gasteiger partial charge is 0.483 e. The quantitative estimate of drug-likeness (QED) is 0.524. The van der Waals surface area contributed by atoms with Crippen LogP contribution in [-0.2, 0) is 4.74 Å². The van der Waals surface area contributed by atoms with Gasteiger partial charge in [-0.15, -0.1) is 0 Å². The Balaban J connectivity index is 2.35. The molecule has 0 saturated heterocycles. The highest BCUT2D eigenvalue weighted by molar-refractivity contribution is 4.80. The summed E-state index contributed by atoms with van der Waals surface area (Å²) in [5.41, 5.74) is 0. The van der Waals surface area contributed by atoms with Crippen LogP contribution in [0.2, 0.25) is 0 Å². The third-order valence-electron chi connectivity index (χ3n) is 1.49. The van der Waals surface area contributed by atoms with Gasteiger partial charge in [0, 0.05) is 6.42 Å². The number of rotatable bonds is 1. The van der Waals surface area contributed by atoms with Crippen LogP contribution in [0.4, 0.5) is 0 Å². The second kappa shape index (κ2) is 2.87. The second-order valence-corrected chi connectivity index (χ2v) is 2.50. The fourth-order valence-electron chi connectivity index (χ4n) is 0.901. The molecule has 0 N–H and O–H groups in total. The molecule has 0 aromatic carbocycles. The summed E-state index contributed by atoms with van der Waals surface area (Å²) in [6.07, 6.45) is 6.40. The zero-order valence-electron chi connectivity index (χ0n) is 6.00. The molecule has 2 heteroatoms. The molecule has 0 bridgehead atoms. The van der Waals surface area contributed by atoms with E-state index in [4.69, 9.17) is 4.74 Å². The van der Waals surface area contributed by atoms with Gasteiger partial charge in [-0.05, 0) is 26.6 Å². The van der Waals surface area contributed by atoms with Crippen molar-refractivity contribution >= 4 is 0 Å². The van der Waals surface area contributed by atoms with Crippen LogP contribution < -0.4 is 0 Å². The van der Waals surface area contributed by atoms with Crippen LogP contribution in [0.3, 0.4) is 0 Å². The van der Waals surface area contributed by atoms with E-state index in [1.165, 1.54) is 0 Å². The lowest BCUT2D eigenvalue weighted by Gasteiger charge is -2.25. The molecule has 1 aliphatic rings. The third kappa shape index (κ3) is 1.72. The fourth-order valence-corrected chi connectivity index (χ4v) is 0.901. The smallest absolute Gasteiger partial charge is 0.151 e. The molecule has 0 fully saturated rings. The van der Waals surface area contributed by atoms with Gasteiger partial charge in [0.05, 0.1) is 6.26 Å². The van der Waals surface area contributed by atoms with E-state index in [1.807, 2.05) is 14.1 Å². The van der Waals surface area contributed by atoms with Crippen molar-refractivity contribution in [3.05, 3.63) is 12.3 Å². The number of nitrogens with zero attached hydrogens (tertiary/aromatic N) is 1. The maximum Gasteiger partial charge on any atom is 0.151 e. The summed E-state index contributed by atoms with van der Waals surface area (Å²) < 4.78 is 5.28. The van der Waals surface area contributed by atoms with Gasteiger partial charge < -0.3 is 4.74 Å². The Morgan fingerprint density at radius 1 is 1.56 bits per heavy atom. The Hall–Kier alpha value is -0.500. The van der Waals surface area contributed by atoms with Crippen molar-refractivity contribution < 1.29 is 4.74 Å². The van der Waals surface area contributed by atoms with Crippen molar-refractivity contribution in [2.75, 3.05) is 14.1 Å². The summed E-state index contributed by atoms with van der Waals surface area (Å²) in [5, 5.41) is 0. The van der Waals surface area contributed by atoms with E-state index in [1.54, 1.807) is 6.26 Å². The van der Waals surface area contributed by atoms with Crippen LogP contribution in [-0.4, -0.2) is 25.2 Å². The minimum atomic E-state index is 0.301. The van der Waals surface area contributed by atoms with Crippen LogP contribution in [0.15, 0.2) is 12.3 Å².